The van der Waals surface area contributed by atoms with Gasteiger partial charge in [0.05, 0.1) is 12.0 Å². The Morgan fingerprint density at radius 1 is 1.55 bits per heavy atom. The van der Waals surface area contributed by atoms with Crippen LogP contribution in [0.3, 0.4) is 0 Å². The van der Waals surface area contributed by atoms with Gasteiger partial charge in [0, 0.05) is 33.4 Å². The number of nitrogens with zero attached hydrogens (tertiary/aromatic N) is 3. The molecule has 0 amide bonds. The third-order valence-electron chi connectivity index (χ3n) is 2.90. The van der Waals surface area contributed by atoms with Crippen LogP contribution in [0.25, 0.3) is 0 Å². The maximum atomic E-state index is 12.4. The van der Waals surface area contributed by atoms with Crippen molar-refractivity contribution in [2.24, 2.45) is 0 Å². The van der Waals surface area contributed by atoms with E-state index in [9.17, 15) is 8.42 Å². The molecule has 0 aliphatic rings. The Balaban J connectivity index is 2.89. The fraction of sp³-hybridized carbons (Fsp3) is 0.750. The van der Waals surface area contributed by atoms with Crippen LogP contribution < -0.4 is 0 Å². The molecule has 1 aromatic heterocycles. The van der Waals surface area contributed by atoms with Crippen molar-refractivity contribution in [3.63, 3.8) is 0 Å². The number of hydrogen-bond donors (Lipinski definition) is 0. The summed E-state index contributed by atoms with van der Waals surface area (Å²) in [5.74, 6) is 0.693. The SMILES string of the molecule is CCCn1cc(S(=O)(=O)N(C)CC(Cl)COC)nc1C. The van der Waals surface area contributed by atoms with E-state index in [0.717, 1.165) is 13.0 Å². The predicted molar refractivity (Wildman–Crippen MR) is 78.6 cm³/mol. The van der Waals surface area contributed by atoms with E-state index in [4.69, 9.17) is 16.3 Å². The van der Waals surface area contributed by atoms with Gasteiger partial charge in [-0.25, -0.2) is 13.4 Å². The maximum Gasteiger partial charge on any atom is 0.261 e. The first-order valence-electron chi connectivity index (χ1n) is 6.46. The van der Waals surface area contributed by atoms with E-state index in [-0.39, 0.29) is 11.6 Å². The number of halogens is 1. The monoisotopic (exact) mass is 323 g/mol. The summed E-state index contributed by atoms with van der Waals surface area (Å²) in [5.41, 5.74) is 0. The fourth-order valence-corrected chi connectivity index (χ4v) is 3.46. The molecule has 20 heavy (non-hydrogen) atoms. The van der Waals surface area contributed by atoms with Crippen LogP contribution in [0.1, 0.15) is 19.2 Å². The topological polar surface area (TPSA) is 64.4 Å². The molecule has 1 rings (SSSR count). The minimum absolute atomic E-state index is 0.0623. The number of alkyl halides is 1. The summed E-state index contributed by atoms with van der Waals surface area (Å²) in [6, 6.07) is 0. The third kappa shape index (κ3) is 4.18. The molecule has 1 aromatic rings. The van der Waals surface area contributed by atoms with Crippen LogP contribution in [0, 0.1) is 6.92 Å². The number of hydrogen-bond acceptors (Lipinski definition) is 4. The summed E-state index contributed by atoms with van der Waals surface area (Å²) in [7, 11) is -0.589. The zero-order chi connectivity index (χ0) is 15.3. The van der Waals surface area contributed by atoms with Gasteiger partial charge in [-0.2, -0.15) is 4.31 Å². The standard InChI is InChI=1S/C12H22ClN3O3S/c1-5-6-16-8-12(14-10(16)2)20(17,18)15(3)7-11(13)9-19-4/h8,11H,5-7,9H2,1-4H3. The van der Waals surface area contributed by atoms with Crippen LogP contribution >= 0.6 is 11.6 Å². The molecule has 0 spiro atoms. The van der Waals surface area contributed by atoms with Crippen LogP contribution in [-0.2, 0) is 21.3 Å². The van der Waals surface area contributed by atoms with Crippen molar-refractivity contribution in [2.45, 2.75) is 37.2 Å². The van der Waals surface area contributed by atoms with Crippen LogP contribution in [-0.4, -0.2) is 55.0 Å². The Kier molecular flexibility index (Phi) is 6.44. The Hall–Kier alpha value is -0.630. The number of aryl methyl sites for hydroxylation is 2. The van der Waals surface area contributed by atoms with Crippen LogP contribution in [0.5, 0.6) is 0 Å². The van der Waals surface area contributed by atoms with E-state index >= 15 is 0 Å². The van der Waals surface area contributed by atoms with Gasteiger partial charge in [0.2, 0.25) is 0 Å². The van der Waals surface area contributed by atoms with Crippen molar-refractivity contribution in [3.8, 4) is 0 Å². The van der Waals surface area contributed by atoms with Crippen molar-refractivity contribution in [3.05, 3.63) is 12.0 Å². The normalized spacial score (nSPS) is 13.9. The van der Waals surface area contributed by atoms with E-state index in [0.29, 0.717) is 12.4 Å². The lowest BCUT2D eigenvalue weighted by Gasteiger charge is -2.18. The van der Waals surface area contributed by atoms with Crippen LogP contribution in [0.15, 0.2) is 11.2 Å². The van der Waals surface area contributed by atoms with Gasteiger partial charge in [-0.05, 0) is 13.3 Å². The molecular formula is C12H22ClN3O3S. The summed E-state index contributed by atoms with van der Waals surface area (Å²) < 4.78 is 32.7. The highest BCUT2D eigenvalue weighted by Gasteiger charge is 2.26. The summed E-state index contributed by atoms with van der Waals surface area (Å²) >= 11 is 6.00. The average Bonchev–Trinajstić information content (AvgIpc) is 2.72. The summed E-state index contributed by atoms with van der Waals surface area (Å²) in [6.45, 7) is 5.05. The third-order valence-corrected chi connectivity index (χ3v) is 4.85. The number of rotatable bonds is 8. The van der Waals surface area contributed by atoms with Gasteiger partial charge in [0.1, 0.15) is 5.82 Å². The lowest BCUT2D eigenvalue weighted by Crippen LogP contribution is -2.34. The molecule has 0 fully saturated rings. The Bertz CT molecular complexity index is 530. The van der Waals surface area contributed by atoms with E-state index in [1.807, 2.05) is 11.5 Å². The molecule has 1 atom stereocenters. The van der Waals surface area contributed by atoms with Gasteiger partial charge in [-0.15, -0.1) is 11.6 Å². The molecule has 0 aliphatic heterocycles. The molecule has 6 nitrogen and oxygen atoms in total. The Morgan fingerprint density at radius 2 is 2.20 bits per heavy atom. The Labute approximate surface area is 125 Å². The lowest BCUT2D eigenvalue weighted by atomic mass is 10.4. The van der Waals surface area contributed by atoms with Crippen LogP contribution in [0.4, 0.5) is 0 Å². The van der Waals surface area contributed by atoms with Crippen molar-refractivity contribution < 1.29 is 13.2 Å². The quantitative estimate of drug-likeness (QED) is 0.680. The molecule has 0 radical (unpaired) electrons. The molecule has 0 saturated carbocycles. The van der Waals surface area contributed by atoms with E-state index in [1.165, 1.54) is 18.5 Å². The first kappa shape index (κ1) is 17.4. The molecule has 1 unspecified atom stereocenters. The lowest BCUT2D eigenvalue weighted by molar-refractivity contribution is 0.192. The number of aromatic nitrogens is 2. The second-order valence-corrected chi connectivity index (χ2v) is 7.27. The van der Waals surface area contributed by atoms with Gasteiger partial charge < -0.3 is 9.30 Å². The van der Waals surface area contributed by atoms with Crippen molar-refractivity contribution in [2.75, 3.05) is 27.3 Å². The molecule has 0 N–H and O–H groups in total. The Morgan fingerprint density at radius 3 is 2.75 bits per heavy atom. The summed E-state index contributed by atoms with van der Waals surface area (Å²) in [6.07, 6.45) is 2.49. The molecule has 116 valence electrons. The zero-order valence-electron chi connectivity index (χ0n) is 12.3. The first-order chi connectivity index (χ1) is 9.32. The fourth-order valence-electron chi connectivity index (χ4n) is 1.84. The highest BCUT2D eigenvalue weighted by atomic mass is 35.5. The molecule has 0 aromatic carbocycles. The number of methoxy groups -OCH3 is 1. The molecule has 8 heteroatoms. The summed E-state index contributed by atoms with van der Waals surface area (Å²) in [5, 5.41) is -0.328. The molecule has 0 aliphatic carbocycles. The second-order valence-electron chi connectivity index (χ2n) is 4.66. The smallest absolute Gasteiger partial charge is 0.261 e. The van der Waals surface area contributed by atoms with Crippen molar-refractivity contribution in [1.82, 2.24) is 13.9 Å². The van der Waals surface area contributed by atoms with Crippen molar-refractivity contribution in [1.29, 1.82) is 0 Å². The molecular weight excluding hydrogens is 302 g/mol. The molecule has 0 bridgehead atoms. The first-order valence-corrected chi connectivity index (χ1v) is 8.33. The second kappa shape index (κ2) is 7.40. The van der Waals surface area contributed by atoms with Gasteiger partial charge in [-0.1, -0.05) is 6.92 Å². The van der Waals surface area contributed by atoms with Gasteiger partial charge in [0.15, 0.2) is 5.03 Å². The van der Waals surface area contributed by atoms with Gasteiger partial charge in [0.25, 0.3) is 10.0 Å². The van der Waals surface area contributed by atoms with Crippen molar-refractivity contribution >= 4 is 21.6 Å². The maximum absolute atomic E-state index is 12.4. The highest BCUT2D eigenvalue weighted by Crippen LogP contribution is 2.15. The number of imidazole rings is 1. The molecule has 0 saturated heterocycles. The minimum Gasteiger partial charge on any atom is -0.383 e. The number of ether oxygens (including phenoxy) is 1. The van der Waals surface area contributed by atoms with E-state index in [1.54, 1.807) is 13.1 Å². The zero-order valence-corrected chi connectivity index (χ0v) is 13.9. The highest BCUT2D eigenvalue weighted by molar-refractivity contribution is 7.89. The van der Waals surface area contributed by atoms with Crippen LogP contribution in [0.2, 0.25) is 0 Å². The van der Waals surface area contributed by atoms with E-state index in [2.05, 4.69) is 4.98 Å². The van der Waals surface area contributed by atoms with Gasteiger partial charge in [-0.3, -0.25) is 0 Å². The molecule has 1 heterocycles. The van der Waals surface area contributed by atoms with E-state index < -0.39 is 15.4 Å². The summed E-state index contributed by atoms with van der Waals surface area (Å²) in [4.78, 5) is 4.13. The predicted octanol–water partition coefficient (Wildman–Crippen LogP) is 1.48. The average molecular weight is 324 g/mol. The minimum atomic E-state index is -3.61. The number of sulfonamides is 1. The van der Waals surface area contributed by atoms with Gasteiger partial charge >= 0.3 is 0 Å². The largest absolute Gasteiger partial charge is 0.383 e.